The lowest BCUT2D eigenvalue weighted by Crippen LogP contribution is -2.19. The molecule has 0 radical (unpaired) electrons. The first-order chi connectivity index (χ1) is 16.5. The molecule has 0 spiro atoms. The quantitative estimate of drug-likeness (QED) is 0.290. The minimum atomic E-state index is -0.589. The average Bonchev–Trinajstić information content (AvgIpc) is 2.85. The normalized spacial score (nSPS) is 11.5. The number of anilines is 2. The van der Waals surface area contributed by atoms with Gasteiger partial charge in [0.2, 0.25) is 5.91 Å². The number of hydrogen-bond donors (Lipinski definition) is 2. The Bertz CT molecular complexity index is 1290. The summed E-state index contributed by atoms with van der Waals surface area (Å²) in [7, 11) is 0. The van der Waals surface area contributed by atoms with Gasteiger partial charge in [0.15, 0.2) is 0 Å². The number of benzene rings is 4. The van der Waals surface area contributed by atoms with Gasteiger partial charge in [-0.15, -0.1) is 11.8 Å². The van der Waals surface area contributed by atoms with E-state index in [0.29, 0.717) is 11.3 Å². The Kier molecular flexibility index (Phi) is 7.40. The van der Waals surface area contributed by atoms with Gasteiger partial charge in [0.25, 0.3) is 5.91 Å². The Morgan fingerprint density at radius 1 is 0.794 bits per heavy atom. The second-order valence-electron chi connectivity index (χ2n) is 7.73. The molecule has 0 heterocycles. The first-order valence-electron chi connectivity index (χ1n) is 10.7. The number of amides is 2. The van der Waals surface area contributed by atoms with E-state index in [1.165, 1.54) is 23.9 Å². The fourth-order valence-electron chi connectivity index (χ4n) is 3.40. The molecular weight excluding hydrogens is 447 g/mol. The summed E-state index contributed by atoms with van der Waals surface area (Å²) in [6.45, 7) is 1.94. The molecule has 4 aromatic carbocycles. The lowest BCUT2D eigenvalue weighted by atomic mass is 10.1. The minimum absolute atomic E-state index is 0.142. The predicted octanol–water partition coefficient (Wildman–Crippen LogP) is 6.86. The molecule has 2 N–H and O–H groups in total. The molecule has 0 aliphatic heterocycles. The van der Waals surface area contributed by atoms with Crippen LogP contribution in [0.1, 0.15) is 26.7 Å². The minimum Gasteiger partial charge on any atom is -0.322 e. The summed E-state index contributed by atoms with van der Waals surface area (Å²) in [5.74, 6) is -0.991. The molecule has 4 rings (SSSR count). The van der Waals surface area contributed by atoms with Crippen LogP contribution >= 0.6 is 11.8 Å². The topological polar surface area (TPSA) is 58.2 Å². The molecule has 0 aliphatic carbocycles. The first kappa shape index (κ1) is 23.3. The number of thioether (sulfide) groups is 1. The van der Waals surface area contributed by atoms with Crippen molar-refractivity contribution in [3.8, 4) is 0 Å². The molecule has 4 aromatic rings. The number of carbonyl (C=O) groups excluding carboxylic acids is 2. The average molecular weight is 471 g/mol. The molecule has 34 heavy (non-hydrogen) atoms. The SMILES string of the molecule is Cc1cccc(C(=O)Nc2ccc(SC(C(=O)Nc3ccccc3F)c3ccccc3)cc2)c1. The molecule has 4 nitrogen and oxygen atoms in total. The van der Waals surface area contributed by atoms with Gasteiger partial charge in [-0.3, -0.25) is 9.59 Å². The van der Waals surface area contributed by atoms with Crippen molar-refractivity contribution in [1.82, 2.24) is 0 Å². The molecule has 170 valence electrons. The molecule has 0 saturated heterocycles. The summed E-state index contributed by atoms with van der Waals surface area (Å²) in [6, 6.07) is 30.1. The van der Waals surface area contributed by atoms with Gasteiger partial charge in [-0.25, -0.2) is 4.39 Å². The maximum Gasteiger partial charge on any atom is 0.255 e. The van der Waals surface area contributed by atoms with Crippen LogP contribution in [-0.4, -0.2) is 11.8 Å². The monoisotopic (exact) mass is 470 g/mol. The number of aryl methyl sites for hydroxylation is 1. The van der Waals surface area contributed by atoms with Crippen LogP contribution in [0.5, 0.6) is 0 Å². The zero-order chi connectivity index (χ0) is 23.9. The summed E-state index contributed by atoms with van der Waals surface area (Å²) in [5.41, 5.74) is 3.21. The van der Waals surface area contributed by atoms with Gasteiger partial charge >= 0.3 is 0 Å². The van der Waals surface area contributed by atoms with Crippen molar-refractivity contribution in [1.29, 1.82) is 0 Å². The van der Waals surface area contributed by atoms with Gasteiger partial charge < -0.3 is 10.6 Å². The van der Waals surface area contributed by atoms with E-state index < -0.39 is 11.1 Å². The number of para-hydroxylation sites is 1. The molecule has 0 aliphatic rings. The second kappa shape index (κ2) is 10.8. The Balaban J connectivity index is 1.49. The number of halogens is 1. The van der Waals surface area contributed by atoms with Crippen LogP contribution in [0, 0.1) is 12.7 Å². The van der Waals surface area contributed by atoms with E-state index in [-0.39, 0.29) is 17.5 Å². The van der Waals surface area contributed by atoms with Crippen LogP contribution in [0.15, 0.2) is 108 Å². The first-order valence-corrected chi connectivity index (χ1v) is 11.6. The van der Waals surface area contributed by atoms with Crippen molar-refractivity contribution in [2.75, 3.05) is 10.6 Å². The van der Waals surface area contributed by atoms with E-state index in [9.17, 15) is 14.0 Å². The van der Waals surface area contributed by atoms with Crippen molar-refractivity contribution >= 4 is 35.0 Å². The van der Waals surface area contributed by atoms with Crippen LogP contribution in [0.2, 0.25) is 0 Å². The molecule has 1 unspecified atom stereocenters. The smallest absolute Gasteiger partial charge is 0.255 e. The lowest BCUT2D eigenvalue weighted by Gasteiger charge is -2.17. The highest BCUT2D eigenvalue weighted by molar-refractivity contribution is 8.00. The Hall–Kier alpha value is -3.90. The third-order valence-corrected chi connectivity index (χ3v) is 6.38. The largest absolute Gasteiger partial charge is 0.322 e. The highest BCUT2D eigenvalue weighted by atomic mass is 32.2. The highest BCUT2D eigenvalue weighted by Gasteiger charge is 2.23. The van der Waals surface area contributed by atoms with Gasteiger partial charge in [0, 0.05) is 16.1 Å². The summed E-state index contributed by atoms with van der Waals surface area (Å²) in [4.78, 5) is 26.5. The number of carbonyl (C=O) groups is 2. The molecule has 0 aromatic heterocycles. The third kappa shape index (κ3) is 5.91. The Labute approximate surface area is 202 Å². The van der Waals surface area contributed by atoms with Crippen LogP contribution in [0.4, 0.5) is 15.8 Å². The molecule has 6 heteroatoms. The highest BCUT2D eigenvalue weighted by Crippen LogP contribution is 2.37. The van der Waals surface area contributed by atoms with Crippen LogP contribution < -0.4 is 10.6 Å². The molecule has 0 fully saturated rings. The van der Waals surface area contributed by atoms with E-state index in [4.69, 9.17) is 0 Å². The third-order valence-electron chi connectivity index (χ3n) is 5.12. The van der Waals surface area contributed by atoms with Crippen LogP contribution in [0.25, 0.3) is 0 Å². The van der Waals surface area contributed by atoms with Crippen molar-refractivity contribution < 1.29 is 14.0 Å². The Morgan fingerprint density at radius 3 is 2.21 bits per heavy atom. The van der Waals surface area contributed by atoms with E-state index in [0.717, 1.165) is 16.0 Å². The van der Waals surface area contributed by atoms with Gasteiger partial charge in [-0.2, -0.15) is 0 Å². The summed E-state index contributed by atoms with van der Waals surface area (Å²) in [6.07, 6.45) is 0. The summed E-state index contributed by atoms with van der Waals surface area (Å²) in [5, 5.41) is 5.00. The van der Waals surface area contributed by atoms with Gasteiger partial charge in [-0.05, 0) is 61.0 Å². The number of rotatable bonds is 7. The van der Waals surface area contributed by atoms with E-state index in [1.54, 1.807) is 30.3 Å². The maximum atomic E-state index is 14.1. The molecule has 0 saturated carbocycles. The zero-order valence-corrected chi connectivity index (χ0v) is 19.3. The van der Waals surface area contributed by atoms with E-state index in [1.807, 2.05) is 67.6 Å². The fourth-order valence-corrected chi connectivity index (χ4v) is 4.43. The fraction of sp³-hybridized carbons (Fsp3) is 0.0714. The zero-order valence-electron chi connectivity index (χ0n) is 18.5. The van der Waals surface area contributed by atoms with Crippen molar-refractivity contribution in [3.63, 3.8) is 0 Å². The maximum absolute atomic E-state index is 14.1. The van der Waals surface area contributed by atoms with Crippen molar-refractivity contribution in [3.05, 3.63) is 126 Å². The van der Waals surface area contributed by atoms with Gasteiger partial charge in [-0.1, -0.05) is 60.2 Å². The lowest BCUT2D eigenvalue weighted by molar-refractivity contribution is -0.115. The molecule has 2 amide bonds. The van der Waals surface area contributed by atoms with Gasteiger partial charge in [0.05, 0.1) is 5.69 Å². The van der Waals surface area contributed by atoms with Gasteiger partial charge in [0.1, 0.15) is 11.1 Å². The molecule has 1 atom stereocenters. The van der Waals surface area contributed by atoms with E-state index >= 15 is 0 Å². The molecular formula is C28H23FN2O2S. The summed E-state index contributed by atoms with van der Waals surface area (Å²) < 4.78 is 14.1. The summed E-state index contributed by atoms with van der Waals surface area (Å²) >= 11 is 1.35. The number of hydrogen-bond acceptors (Lipinski definition) is 3. The molecule has 0 bridgehead atoms. The van der Waals surface area contributed by atoms with Crippen molar-refractivity contribution in [2.24, 2.45) is 0 Å². The number of nitrogens with one attached hydrogen (secondary N) is 2. The van der Waals surface area contributed by atoms with E-state index in [2.05, 4.69) is 10.6 Å². The second-order valence-corrected chi connectivity index (χ2v) is 8.90. The standard InChI is InChI=1S/C28H23FN2O2S/c1-19-8-7-11-21(18-19)27(32)30-22-14-16-23(17-15-22)34-26(20-9-3-2-4-10-20)28(33)31-25-13-6-5-12-24(25)29/h2-18,26H,1H3,(H,30,32)(H,31,33). The van der Waals surface area contributed by atoms with Crippen LogP contribution in [0.3, 0.4) is 0 Å². The predicted molar refractivity (Wildman–Crippen MR) is 136 cm³/mol. The Morgan fingerprint density at radius 2 is 1.50 bits per heavy atom. The van der Waals surface area contributed by atoms with Crippen molar-refractivity contribution in [2.45, 2.75) is 17.1 Å². The van der Waals surface area contributed by atoms with Crippen LogP contribution in [-0.2, 0) is 4.79 Å².